The second-order valence-electron chi connectivity index (χ2n) is 2.23. The van der Waals surface area contributed by atoms with Crippen molar-refractivity contribution in [2.75, 3.05) is 6.61 Å². The van der Waals surface area contributed by atoms with Crippen LogP contribution in [0.2, 0.25) is 0 Å². The first kappa shape index (κ1) is 8.74. The van der Waals surface area contributed by atoms with Crippen molar-refractivity contribution in [3.05, 3.63) is 35.9 Å². The van der Waals surface area contributed by atoms with Gasteiger partial charge < -0.3 is 9.94 Å². The van der Waals surface area contributed by atoms with Crippen LogP contribution in [-0.2, 0) is 11.4 Å². The summed E-state index contributed by atoms with van der Waals surface area (Å²) in [6.45, 7) is 0.353. The molecular formula is C9H11NO2. The highest BCUT2D eigenvalue weighted by atomic mass is 16.6. The molecule has 0 bridgehead atoms. The smallest absolute Gasteiger partial charge is 0.142 e. The fourth-order valence-corrected chi connectivity index (χ4v) is 0.772. The van der Waals surface area contributed by atoms with Crippen LogP contribution in [0, 0.1) is 0 Å². The van der Waals surface area contributed by atoms with Crippen LogP contribution in [0.3, 0.4) is 0 Å². The Morgan fingerprint density at radius 3 is 2.75 bits per heavy atom. The highest BCUT2D eigenvalue weighted by molar-refractivity contribution is 5.57. The summed E-state index contributed by atoms with van der Waals surface area (Å²) in [7, 11) is 0. The lowest BCUT2D eigenvalue weighted by Gasteiger charge is -1.97. The molecule has 0 aliphatic heterocycles. The molecule has 3 heteroatoms. The summed E-state index contributed by atoms with van der Waals surface area (Å²) in [4.78, 5) is 4.87. The number of aliphatic hydroxyl groups is 1. The molecule has 12 heavy (non-hydrogen) atoms. The zero-order valence-corrected chi connectivity index (χ0v) is 6.68. The van der Waals surface area contributed by atoms with Gasteiger partial charge in [0.05, 0.1) is 12.8 Å². The SMILES string of the molecule is OC/C=N\OCc1ccccc1. The van der Waals surface area contributed by atoms with Crippen molar-refractivity contribution in [2.45, 2.75) is 6.61 Å². The first-order chi connectivity index (χ1) is 5.93. The van der Waals surface area contributed by atoms with Crippen LogP contribution >= 0.6 is 0 Å². The van der Waals surface area contributed by atoms with Gasteiger partial charge in [0.15, 0.2) is 0 Å². The minimum Gasteiger partial charge on any atom is -0.391 e. The molecule has 0 aliphatic carbocycles. The zero-order valence-electron chi connectivity index (χ0n) is 6.68. The molecule has 0 saturated carbocycles. The van der Waals surface area contributed by atoms with E-state index < -0.39 is 0 Å². The Morgan fingerprint density at radius 2 is 2.08 bits per heavy atom. The summed E-state index contributed by atoms with van der Waals surface area (Å²) in [6.07, 6.45) is 1.31. The van der Waals surface area contributed by atoms with Gasteiger partial charge in [0.2, 0.25) is 0 Å². The number of oxime groups is 1. The zero-order chi connectivity index (χ0) is 8.65. The minimum absolute atomic E-state index is 0.0885. The highest BCUT2D eigenvalue weighted by Gasteiger charge is 1.87. The van der Waals surface area contributed by atoms with Crippen LogP contribution in [0.5, 0.6) is 0 Å². The molecular weight excluding hydrogens is 154 g/mol. The lowest BCUT2D eigenvalue weighted by Crippen LogP contribution is -1.88. The molecule has 0 saturated heterocycles. The van der Waals surface area contributed by atoms with Gasteiger partial charge >= 0.3 is 0 Å². The number of hydrogen-bond acceptors (Lipinski definition) is 3. The maximum absolute atomic E-state index is 8.33. The Labute approximate surface area is 71.3 Å². The van der Waals surface area contributed by atoms with E-state index in [1.54, 1.807) is 0 Å². The molecule has 0 aromatic heterocycles. The normalized spacial score (nSPS) is 10.4. The predicted molar refractivity (Wildman–Crippen MR) is 46.8 cm³/mol. The summed E-state index contributed by atoms with van der Waals surface area (Å²) < 4.78 is 0. The van der Waals surface area contributed by atoms with Crippen molar-refractivity contribution in [1.82, 2.24) is 0 Å². The Balaban J connectivity index is 2.29. The van der Waals surface area contributed by atoms with E-state index in [4.69, 9.17) is 9.94 Å². The van der Waals surface area contributed by atoms with Crippen LogP contribution in [-0.4, -0.2) is 17.9 Å². The van der Waals surface area contributed by atoms with E-state index in [1.165, 1.54) is 6.21 Å². The first-order valence-electron chi connectivity index (χ1n) is 3.72. The molecule has 64 valence electrons. The molecule has 1 aromatic carbocycles. The van der Waals surface area contributed by atoms with Gasteiger partial charge in [0, 0.05) is 0 Å². The third kappa shape index (κ3) is 3.16. The molecule has 0 aliphatic rings. The van der Waals surface area contributed by atoms with Gasteiger partial charge in [-0.2, -0.15) is 0 Å². The average Bonchev–Trinajstić information content (AvgIpc) is 2.14. The molecule has 1 aromatic rings. The molecule has 1 N–H and O–H groups in total. The highest BCUT2D eigenvalue weighted by Crippen LogP contribution is 1.99. The van der Waals surface area contributed by atoms with Crippen LogP contribution in [0.4, 0.5) is 0 Å². The van der Waals surface area contributed by atoms with E-state index in [1.807, 2.05) is 30.3 Å². The van der Waals surface area contributed by atoms with Crippen molar-refractivity contribution in [3.63, 3.8) is 0 Å². The quantitative estimate of drug-likeness (QED) is 0.537. The van der Waals surface area contributed by atoms with E-state index in [-0.39, 0.29) is 6.61 Å². The number of aliphatic hydroxyl groups excluding tert-OH is 1. The molecule has 1 rings (SSSR count). The summed E-state index contributed by atoms with van der Waals surface area (Å²) in [5.41, 5.74) is 1.06. The number of nitrogens with zero attached hydrogens (tertiary/aromatic N) is 1. The van der Waals surface area contributed by atoms with Crippen molar-refractivity contribution >= 4 is 6.21 Å². The number of rotatable bonds is 4. The van der Waals surface area contributed by atoms with Crippen molar-refractivity contribution in [2.24, 2.45) is 5.16 Å². The molecule has 0 atom stereocenters. The third-order valence-electron chi connectivity index (χ3n) is 1.30. The van der Waals surface area contributed by atoms with Crippen molar-refractivity contribution < 1.29 is 9.94 Å². The standard InChI is InChI=1S/C9H11NO2/c11-7-6-10-12-8-9-4-2-1-3-5-9/h1-6,11H,7-8H2/b10-6-. The number of benzene rings is 1. The Hall–Kier alpha value is -1.35. The van der Waals surface area contributed by atoms with Crippen molar-refractivity contribution in [3.8, 4) is 0 Å². The van der Waals surface area contributed by atoms with E-state index in [9.17, 15) is 0 Å². The second kappa shape index (κ2) is 5.32. The molecule has 0 radical (unpaired) electrons. The monoisotopic (exact) mass is 165 g/mol. The maximum atomic E-state index is 8.33. The van der Waals surface area contributed by atoms with E-state index in [0.29, 0.717) is 6.61 Å². The van der Waals surface area contributed by atoms with Crippen LogP contribution in [0.25, 0.3) is 0 Å². The molecule has 0 amide bonds. The van der Waals surface area contributed by atoms with E-state index >= 15 is 0 Å². The van der Waals surface area contributed by atoms with Gasteiger partial charge in [-0.25, -0.2) is 0 Å². The van der Waals surface area contributed by atoms with Gasteiger partial charge in [0.1, 0.15) is 6.61 Å². The summed E-state index contributed by atoms with van der Waals surface area (Å²) in [5.74, 6) is 0. The van der Waals surface area contributed by atoms with Crippen LogP contribution in [0.1, 0.15) is 5.56 Å². The van der Waals surface area contributed by atoms with Crippen LogP contribution < -0.4 is 0 Å². The molecule has 0 fully saturated rings. The summed E-state index contributed by atoms with van der Waals surface area (Å²) in [6, 6.07) is 9.73. The third-order valence-corrected chi connectivity index (χ3v) is 1.30. The second-order valence-corrected chi connectivity index (χ2v) is 2.23. The van der Waals surface area contributed by atoms with Gasteiger partial charge in [-0.1, -0.05) is 35.5 Å². The fraction of sp³-hybridized carbons (Fsp3) is 0.222. The van der Waals surface area contributed by atoms with Crippen LogP contribution in [0.15, 0.2) is 35.5 Å². The maximum Gasteiger partial charge on any atom is 0.142 e. The topological polar surface area (TPSA) is 41.8 Å². The lowest BCUT2D eigenvalue weighted by atomic mass is 10.2. The lowest BCUT2D eigenvalue weighted by molar-refractivity contribution is 0.130. The van der Waals surface area contributed by atoms with Gasteiger partial charge in [-0.3, -0.25) is 0 Å². The van der Waals surface area contributed by atoms with Gasteiger partial charge in [-0.15, -0.1) is 0 Å². The minimum atomic E-state index is -0.0885. The summed E-state index contributed by atoms with van der Waals surface area (Å²) >= 11 is 0. The number of hydrogen-bond donors (Lipinski definition) is 1. The predicted octanol–water partition coefficient (Wildman–Crippen LogP) is 1.18. The summed E-state index contributed by atoms with van der Waals surface area (Å²) in [5, 5.41) is 11.8. The molecule has 3 nitrogen and oxygen atoms in total. The Morgan fingerprint density at radius 1 is 1.33 bits per heavy atom. The fourth-order valence-electron chi connectivity index (χ4n) is 0.772. The van der Waals surface area contributed by atoms with E-state index in [2.05, 4.69) is 5.16 Å². The van der Waals surface area contributed by atoms with Crippen molar-refractivity contribution in [1.29, 1.82) is 0 Å². The van der Waals surface area contributed by atoms with E-state index in [0.717, 1.165) is 5.56 Å². The largest absolute Gasteiger partial charge is 0.391 e. The van der Waals surface area contributed by atoms with Gasteiger partial charge in [0.25, 0.3) is 0 Å². The first-order valence-corrected chi connectivity index (χ1v) is 3.72. The Bertz CT molecular complexity index is 234. The molecule has 0 heterocycles. The average molecular weight is 165 g/mol. The molecule has 0 spiro atoms. The molecule has 0 unspecified atom stereocenters. The Kier molecular flexibility index (Phi) is 3.88. The van der Waals surface area contributed by atoms with Gasteiger partial charge in [-0.05, 0) is 5.56 Å².